The van der Waals surface area contributed by atoms with Crippen LogP contribution in [0.3, 0.4) is 0 Å². The molecule has 72 valence electrons. The molecule has 2 nitrogen and oxygen atoms in total. The molecule has 0 atom stereocenters. The van der Waals surface area contributed by atoms with Crippen LogP contribution in [0.4, 0.5) is 0 Å². The normalized spacial score (nSPS) is 10.4. The molecule has 0 saturated heterocycles. The fourth-order valence-electron chi connectivity index (χ4n) is 1.48. The van der Waals surface area contributed by atoms with Crippen molar-refractivity contribution < 1.29 is 0 Å². The lowest BCUT2D eigenvalue weighted by atomic mass is 10.2. The van der Waals surface area contributed by atoms with Crippen molar-refractivity contribution in [2.75, 3.05) is 0 Å². The second-order valence-corrected chi connectivity index (χ2v) is 3.33. The van der Waals surface area contributed by atoms with Crippen LogP contribution in [-0.2, 0) is 6.54 Å². The molecule has 1 aromatic carbocycles. The molecule has 1 heterocycles. The molecule has 0 aliphatic carbocycles. The smallest absolute Gasteiger partial charge is 0.0923 e. The van der Waals surface area contributed by atoms with E-state index < -0.39 is 0 Å². The Morgan fingerprint density at radius 1 is 1.14 bits per heavy atom. The van der Waals surface area contributed by atoms with E-state index in [9.17, 15) is 0 Å². The van der Waals surface area contributed by atoms with Crippen molar-refractivity contribution in [3.63, 3.8) is 0 Å². The molecule has 2 heteroatoms. The van der Waals surface area contributed by atoms with Gasteiger partial charge in [0, 0.05) is 18.3 Å². The third kappa shape index (κ3) is 1.84. The molecule has 0 fully saturated rings. The van der Waals surface area contributed by atoms with Gasteiger partial charge in [-0.25, -0.2) is 0 Å². The predicted octanol–water partition coefficient (Wildman–Crippen LogP) is 2.96. The van der Waals surface area contributed by atoms with Gasteiger partial charge in [-0.3, -0.25) is 4.68 Å². The number of aromatic nitrogens is 2. The van der Waals surface area contributed by atoms with Gasteiger partial charge < -0.3 is 0 Å². The molecule has 0 aliphatic heterocycles. The topological polar surface area (TPSA) is 17.8 Å². The van der Waals surface area contributed by atoms with Crippen molar-refractivity contribution in [3.8, 4) is 11.3 Å². The lowest BCUT2D eigenvalue weighted by Gasteiger charge is -1.97. The van der Waals surface area contributed by atoms with Gasteiger partial charge in [-0.1, -0.05) is 37.3 Å². The SMILES string of the molecule is CCCn1ccc(-c2ccccc2)n1. The van der Waals surface area contributed by atoms with E-state index in [0.29, 0.717) is 0 Å². The lowest BCUT2D eigenvalue weighted by molar-refractivity contribution is 0.604. The summed E-state index contributed by atoms with van der Waals surface area (Å²) in [6, 6.07) is 12.3. The minimum absolute atomic E-state index is 0.993. The molecule has 2 aromatic rings. The van der Waals surface area contributed by atoms with Gasteiger partial charge in [0.05, 0.1) is 5.69 Å². The third-order valence-corrected chi connectivity index (χ3v) is 2.16. The molecule has 0 bridgehead atoms. The van der Waals surface area contributed by atoms with Crippen LogP contribution in [0.1, 0.15) is 13.3 Å². The fourth-order valence-corrected chi connectivity index (χ4v) is 1.48. The number of hydrogen-bond acceptors (Lipinski definition) is 1. The Bertz CT molecular complexity index is 390. The summed E-state index contributed by atoms with van der Waals surface area (Å²) in [5.74, 6) is 0. The second kappa shape index (κ2) is 4.09. The van der Waals surface area contributed by atoms with Gasteiger partial charge in [0.25, 0.3) is 0 Å². The highest BCUT2D eigenvalue weighted by Gasteiger charge is 1.99. The van der Waals surface area contributed by atoms with Crippen LogP contribution in [0.25, 0.3) is 11.3 Å². The number of hydrogen-bond donors (Lipinski definition) is 0. The van der Waals surface area contributed by atoms with Crippen LogP contribution in [0.2, 0.25) is 0 Å². The number of aryl methyl sites for hydroxylation is 1. The summed E-state index contributed by atoms with van der Waals surface area (Å²) in [5.41, 5.74) is 2.24. The van der Waals surface area contributed by atoms with Crippen molar-refractivity contribution in [1.82, 2.24) is 9.78 Å². The quantitative estimate of drug-likeness (QED) is 0.720. The fraction of sp³-hybridized carbons (Fsp3) is 0.250. The first kappa shape index (κ1) is 9.00. The van der Waals surface area contributed by atoms with Crippen molar-refractivity contribution in [1.29, 1.82) is 0 Å². The van der Waals surface area contributed by atoms with Gasteiger partial charge in [0.15, 0.2) is 0 Å². The van der Waals surface area contributed by atoms with Gasteiger partial charge in [0.1, 0.15) is 0 Å². The Balaban J connectivity index is 2.25. The van der Waals surface area contributed by atoms with E-state index >= 15 is 0 Å². The zero-order valence-electron chi connectivity index (χ0n) is 8.35. The number of rotatable bonds is 3. The molecule has 0 spiro atoms. The van der Waals surface area contributed by atoms with Gasteiger partial charge >= 0.3 is 0 Å². The summed E-state index contributed by atoms with van der Waals surface area (Å²) in [6.07, 6.45) is 3.15. The van der Waals surface area contributed by atoms with Gasteiger partial charge in [-0.15, -0.1) is 0 Å². The van der Waals surface area contributed by atoms with Crippen LogP contribution >= 0.6 is 0 Å². The van der Waals surface area contributed by atoms with E-state index in [2.05, 4.69) is 30.2 Å². The van der Waals surface area contributed by atoms with E-state index in [1.807, 2.05) is 29.1 Å². The molecule has 1 aromatic heterocycles. The summed E-state index contributed by atoms with van der Waals surface area (Å²) in [5, 5.41) is 4.49. The summed E-state index contributed by atoms with van der Waals surface area (Å²) in [4.78, 5) is 0. The third-order valence-electron chi connectivity index (χ3n) is 2.16. The Kier molecular flexibility index (Phi) is 2.63. The van der Waals surface area contributed by atoms with Crippen LogP contribution in [-0.4, -0.2) is 9.78 Å². The Morgan fingerprint density at radius 3 is 2.64 bits per heavy atom. The minimum atomic E-state index is 0.993. The monoisotopic (exact) mass is 186 g/mol. The van der Waals surface area contributed by atoms with E-state index in [4.69, 9.17) is 0 Å². The van der Waals surface area contributed by atoms with Crippen molar-refractivity contribution in [2.45, 2.75) is 19.9 Å². The maximum absolute atomic E-state index is 4.49. The molecular formula is C12H14N2. The molecule has 0 unspecified atom stereocenters. The highest BCUT2D eigenvalue weighted by molar-refractivity contribution is 5.57. The van der Waals surface area contributed by atoms with Gasteiger partial charge in [-0.2, -0.15) is 5.10 Å². The Hall–Kier alpha value is -1.57. The van der Waals surface area contributed by atoms with Gasteiger partial charge in [0.2, 0.25) is 0 Å². The Labute approximate surface area is 84.2 Å². The first-order chi connectivity index (χ1) is 6.90. The Morgan fingerprint density at radius 2 is 1.93 bits per heavy atom. The van der Waals surface area contributed by atoms with Crippen LogP contribution < -0.4 is 0 Å². The van der Waals surface area contributed by atoms with Crippen molar-refractivity contribution in [3.05, 3.63) is 42.6 Å². The average molecular weight is 186 g/mol. The van der Waals surface area contributed by atoms with Crippen LogP contribution in [0, 0.1) is 0 Å². The van der Waals surface area contributed by atoms with Crippen LogP contribution in [0.5, 0.6) is 0 Å². The van der Waals surface area contributed by atoms with Crippen LogP contribution in [0.15, 0.2) is 42.6 Å². The molecule has 0 aliphatic rings. The summed E-state index contributed by atoms with van der Waals surface area (Å²) < 4.78 is 1.99. The van der Waals surface area contributed by atoms with Crippen molar-refractivity contribution >= 4 is 0 Å². The van der Waals surface area contributed by atoms with E-state index in [1.54, 1.807) is 0 Å². The second-order valence-electron chi connectivity index (χ2n) is 3.33. The summed E-state index contributed by atoms with van der Waals surface area (Å²) >= 11 is 0. The zero-order chi connectivity index (χ0) is 9.80. The van der Waals surface area contributed by atoms with E-state index in [1.165, 1.54) is 5.56 Å². The highest BCUT2D eigenvalue weighted by atomic mass is 15.3. The molecule has 0 amide bonds. The number of nitrogens with zero attached hydrogens (tertiary/aromatic N) is 2. The summed E-state index contributed by atoms with van der Waals surface area (Å²) in [6.45, 7) is 3.15. The maximum Gasteiger partial charge on any atom is 0.0923 e. The number of benzene rings is 1. The molecule has 0 radical (unpaired) electrons. The first-order valence-electron chi connectivity index (χ1n) is 4.99. The molecular weight excluding hydrogens is 172 g/mol. The van der Waals surface area contributed by atoms with Gasteiger partial charge in [-0.05, 0) is 12.5 Å². The molecule has 2 rings (SSSR count). The predicted molar refractivity (Wildman–Crippen MR) is 58.0 cm³/mol. The lowest BCUT2D eigenvalue weighted by Crippen LogP contribution is -1.96. The van der Waals surface area contributed by atoms with E-state index in [-0.39, 0.29) is 0 Å². The first-order valence-corrected chi connectivity index (χ1v) is 4.99. The standard InChI is InChI=1S/C12H14N2/c1-2-9-14-10-8-12(13-14)11-6-4-3-5-7-11/h3-8,10H,2,9H2,1H3. The average Bonchev–Trinajstić information content (AvgIpc) is 2.68. The highest BCUT2D eigenvalue weighted by Crippen LogP contribution is 2.15. The minimum Gasteiger partial charge on any atom is -0.272 e. The zero-order valence-corrected chi connectivity index (χ0v) is 8.35. The molecule has 14 heavy (non-hydrogen) atoms. The van der Waals surface area contributed by atoms with Crippen molar-refractivity contribution in [2.24, 2.45) is 0 Å². The van der Waals surface area contributed by atoms with E-state index in [0.717, 1.165) is 18.7 Å². The molecule has 0 N–H and O–H groups in total. The maximum atomic E-state index is 4.49. The summed E-state index contributed by atoms with van der Waals surface area (Å²) in [7, 11) is 0. The largest absolute Gasteiger partial charge is 0.272 e. The molecule has 0 saturated carbocycles.